The number of carbonyl (C=O) groups is 1. The molecule has 0 radical (unpaired) electrons. The first kappa shape index (κ1) is 15.4. The van der Waals surface area contributed by atoms with Gasteiger partial charge in [-0.3, -0.25) is 9.88 Å². The SMILES string of the molecule is O=C1NCC(Cc2ccccc2)N1c1ccc(-c2ccncc2)cc1. The molecule has 1 atom stereocenters. The monoisotopic (exact) mass is 329 g/mol. The van der Waals surface area contributed by atoms with E-state index in [1.54, 1.807) is 12.4 Å². The van der Waals surface area contributed by atoms with Gasteiger partial charge in [-0.2, -0.15) is 0 Å². The fourth-order valence-corrected chi connectivity index (χ4v) is 3.28. The van der Waals surface area contributed by atoms with Gasteiger partial charge in [0.15, 0.2) is 0 Å². The maximum absolute atomic E-state index is 12.3. The molecule has 1 aliphatic rings. The predicted molar refractivity (Wildman–Crippen MR) is 99.5 cm³/mol. The van der Waals surface area contributed by atoms with Crippen molar-refractivity contribution in [1.29, 1.82) is 0 Å². The Hall–Kier alpha value is -3.14. The molecule has 1 fully saturated rings. The second kappa shape index (κ2) is 6.77. The van der Waals surface area contributed by atoms with Crippen molar-refractivity contribution in [3.05, 3.63) is 84.7 Å². The zero-order valence-corrected chi connectivity index (χ0v) is 13.8. The van der Waals surface area contributed by atoms with Crippen LogP contribution in [0.4, 0.5) is 10.5 Å². The van der Waals surface area contributed by atoms with E-state index < -0.39 is 0 Å². The summed E-state index contributed by atoms with van der Waals surface area (Å²) in [7, 11) is 0. The van der Waals surface area contributed by atoms with Crippen LogP contribution in [-0.2, 0) is 6.42 Å². The van der Waals surface area contributed by atoms with Crippen molar-refractivity contribution in [2.75, 3.05) is 11.4 Å². The maximum Gasteiger partial charge on any atom is 0.322 e. The molecule has 25 heavy (non-hydrogen) atoms. The highest BCUT2D eigenvalue weighted by atomic mass is 16.2. The van der Waals surface area contributed by atoms with Crippen molar-refractivity contribution in [1.82, 2.24) is 10.3 Å². The average Bonchev–Trinajstić information content (AvgIpc) is 3.03. The van der Waals surface area contributed by atoms with Crippen LogP contribution in [0.5, 0.6) is 0 Å². The van der Waals surface area contributed by atoms with Crippen LogP contribution in [0, 0.1) is 0 Å². The van der Waals surface area contributed by atoms with E-state index in [1.807, 2.05) is 47.4 Å². The number of anilines is 1. The molecule has 1 aromatic heterocycles. The molecule has 0 spiro atoms. The van der Waals surface area contributed by atoms with Gasteiger partial charge in [0, 0.05) is 24.6 Å². The van der Waals surface area contributed by atoms with Gasteiger partial charge in [-0.15, -0.1) is 0 Å². The molecular weight excluding hydrogens is 310 g/mol. The number of hydrogen-bond donors (Lipinski definition) is 1. The quantitative estimate of drug-likeness (QED) is 0.789. The van der Waals surface area contributed by atoms with E-state index in [9.17, 15) is 4.79 Å². The van der Waals surface area contributed by atoms with Crippen LogP contribution in [0.3, 0.4) is 0 Å². The van der Waals surface area contributed by atoms with Crippen LogP contribution in [0.1, 0.15) is 5.56 Å². The molecule has 2 amide bonds. The van der Waals surface area contributed by atoms with Gasteiger partial charge < -0.3 is 5.32 Å². The molecule has 0 bridgehead atoms. The Kier molecular flexibility index (Phi) is 4.17. The molecular formula is C21H19N3O. The van der Waals surface area contributed by atoms with Gasteiger partial charge in [0.1, 0.15) is 0 Å². The van der Waals surface area contributed by atoms with Crippen molar-refractivity contribution in [2.45, 2.75) is 12.5 Å². The van der Waals surface area contributed by atoms with Gasteiger partial charge in [0.2, 0.25) is 0 Å². The zero-order valence-electron chi connectivity index (χ0n) is 13.8. The summed E-state index contributed by atoms with van der Waals surface area (Å²) in [6, 6.07) is 22.5. The molecule has 0 saturated carbocycles. The molecule has 4 rings (SSSR count). The number of hydrogen-bond acceptors (Lipinski definition) is 2. The van der Waals surface area contributed by atoms with Gasteiger partial charge in [-0.05, 0) is 47.4 Å². The summed E-state index contributed by atoms with van der Waals surface area (Å²) >= 11 is 0. The average molecular weight is 329 g/mol. The molecule has 0 aliphatic carbocycles. The van der Waals surface area contributed by atoms with E-state index >= 15 is 0 Å². The molecule has 3 aromatic rings. The largest absolute Gasteiger partial charge is 0.336 e. The summed E-state index contributed by atoms with van der Waals surface area (Å²) in [5.74, 6) is 0. The standard InChI is InChI=1S/C21H19N3O/c25-21-23-15-20(14-16-4-2-1-3-5-16)24(21)19-8-6-17(7-9-19)18-10-12-22-13-11-18/h1-13,20H,14-15H2,(H,23,25). The zero-order chi connectivity index (χ0) is 17.1. The van der Waals surface area contributed by atoms with Crippen molar-refractivity contribution >= 4 is 11.7 Å². The van der Waals surface area contributed by atoms with E-state index in [4.69, 9.17) is 0 Å². The van der Waals surface area contributed by atoms with E-state index in [1.165, 1.54) is 5.56 Å². The molecule has 2 aromatic carbocycles. The molecule has 4 heteroatoms. The third kappa shape index (κ3) is 3.24. The van der Waals surface area contributed by atoms with Crippen LogP contribution < -0.4 is 10.2 Å². The minimum atomic E-state index is -0.0300. The van der Waals surface area contributed by atoms with Crippen LogP contribution in [0.15, 0.2) is 79.1 Å². The van der Waals surface area contributed by atoms with Crippen LogP contribution in [0.25, 0.3) is 11.1 Å². The fraction of sp³-hybridized carbons (Fsp3) is 0.143. The third-order valence-corrected chi connectivity index (χ3v) is 4.55. The first-order valence-corrected chi connectivity index (χ1v) is 8.43. The Morgan fingerprint density at radius 3 is 2.32 bits per heavy atom. The lowest BCUT2D eigenvalue weighted by molar-refractivity contribution is 0.251. The molecule has 1 unspecified atom stereocenters. The lowest BCUT2D eigenvalue weighted by atomic mass is 10.0. The van der Waals surface area contributed by atoms with Gasteiger partial charge >= 0.3 is 6.03 Å². The Labute approximate surface area is 147 Å². The van der Waals surface area contributed by atoms with Crippen molar-refractivity contribution in [3.63, 3.8) is 0 Å². The minimum Gasteiger partial charge on any atom is -0.336 e. The van der Waals surface area contributed by atoms with Gasteiger partial charge in [0.25, 0.3) is 0 Å². The van der Waals surface area contributed by atoms with Crippen LogP contribution in [0.2, 0.25) is 0 Å². The molecule has 2 heterocycles. The Morgan fingerprint density at radius 1 is 0.920 bits per heavy atom. The number of nitrogens with one attached hydrogen (secondary N) is 1. The summed E-state index contributed by atoms with van der Waals surface area (Å²) in [6.45, 7) is 0.667. The third-order valence-electron chi connectivity index (χ3n) is 4.55. The normalized spacial score (nSPS) is 16.7. The smallest absolute Gasteiger partial charge is 0.322 e. The highest BCUT2D eigenvalue weighted by Crippen LogP contribution is 2.26. The lowest BCUT2D eigenvalue weighted by Crippen LogP contribution is -2.35. The van der Waals surface area contributed by atoms with Crippen molar-refractivity contribution < 1.29 is 4.79 Å². The summed E-state index contributed by atoms with van der Waals surface area (Å²) in [5, 5.41) is 2.96. The van der Waals surface area contributed by atoms with E-state index in [-0.39, 0.29) is 12.1 Å². The van der Waals surface area contributed by atoms with Gasteiger partial charge in [0.05, 0.1) is 6.04 Å². The first-order chi connectivity index (χ1) is 12.3. The molecule has 4 nitrogen and oxygen atoms in total. The highest BCUT2D eigenvalue weighted by molar-refractivity contribution is 5.95. The summed E-state index contributed by atoms with van der Waals surface area (Å²) in [6.07, 6.45) is 4.41. The Balaban J connectivity index is 1.57. The second-order valence-corrected chi connectivity index (χ2v) is 6.18. The van der Waals surface area contributed by atoms with E-state index in [0.29, 0.717) is 6.54 Å². The highest BCUT2D eigenvalue weighted by Gasteiger charge is 2.31. The number of amides is 2. The first-order valence-electron chi connectivity index (χ1n) is 8.43. The molecule has 1 saturated heterocycles. The number of nitrogens with zero attached hydrogens (tertiary/aromatic N) is 2. The number of carbonyl (C=O) groups excluding carboxylic acids is 1. The molecule has 1 N–H and O–H groups in total. The second-order valence-electron chi connectivity index (χ2n) is 6.18. The maximum atomic E-state index is 12.3. The number of rotatable bonds is 4. The number of pyridine rings is 1. The summed E-state index contributed by atoms with van der Waals surface area (Å²) in [4.78, 5) is 18.3. The van der Waals surface area contributed by atoms with Crippen molar-refractivity contribution in [2.24, 2.45) is 0 Å². The summed E-state index contributed by atoms with van der Waals surface area (Å²) < 4.78 is 0. The predicted octanol–water partition coefficient (Wildman–Crippen LogP) is 3.89. The summed E-state index contributed by atoms with van der Waals surface area (Å²) in [5.41, 5.74) is 4.40. The fourth-order valence-electron chi connectivity index (χ4n) is 3.28. The minimum absolute atomic E-state index is 0.0300. The van der Waals surface area contributed by atoms with E-state index in [0.717, 1.165) is 23.2 Å². The van der Waals surface area contributed by atoms with Gasteiger partial charge in [-0.1, -0.05) is 42.5 Å². The Bertz CT molecular complexity index is 847. The van der Waals surface area contributed by atoms with E-state index in [2.05, 4.69) is 34.6 Å². The number of aromatic nitrogens is 1. The number of benzene rings is 2. The number of urea groups is 1. The lowest BCUT2D eigenvalue weighted by Gasteiger charge is -2.23. The van der Waals surface area contributed by atoms with Crippen LogP contribution >= 0.6 is 0 Å². The van der Waals surface area contributed by atoms with Crippen molar-refractivity contribution in [3.8, 4) is 11.1 Å². The topological polar surface area (TPSA) is 45.2 Å². The van der Waals surface area contributed by atoms with Crippen LogP contribution in [-0.4, -0.2) is 23.6 Å². The molecule has 1 aliphatic heterocycles. The Morgan fingerprint density at radius 2 is 1.60 bits per heavy atom. The van der Waals surface area contributed by atoms with Gasteiger partial charge in [-0.25, -0.2) is 4.79 Å². The molecule has 124 valence electrons.